The molecule has 1 fully saturated rings. The number of hydrogen-bond donors (Lipinski definition) is 2. The van der Waals surface area contributed by atoms with Crippen molar-refractivity contribution in [1.29, 1.82) is 0 Å². The number of pyridine rings is 1. The third-order valence-electron chi connectivity index (χ3n) is 4.99. The molecule has 3 heterocycles. The van der Waals surface area contributed by atoms with Gasteiger partial charge >= 0.3 is 0 Å². The van der Waals surface area contributed by atoms with E-state index in [-0.39, 0.29) is 18.1 Å². The summed E-state index contributed by atoms with van der Waals surface area (Å²) in [5.74, 6) is 0.0484. The molecule has 2 unspecified atom stereocenters. The van der Waals surface area contributed by atoms with Crippen molar-refractivity contribution < 1.29 is 9.53 Å². The van der Waals surface area contributed by atoms with Crippen LogP contribution >= 0.6 is 0 Å². The van der Waals surface area contributed by atoms with Crippen LogP contribution in [0, 0.1) is 0 Å². The molecule has 1 saturated heterocycles. The van der Waals surface area contributed by atoms with E-state index in [9.17, 15) is 4.79 Å². The average Bonchev–Trinajstić information content (AvgIpc) is 3.21. The van der Waals surface area contributed by atoms with Crippen LogP contribution in [0.2, 0.25) is 0 Å². The third kappa shape index (κ3) is 4.46. The minimum Gasteiger partial charge on any atom is -0.381 e. The predicted molar refractivity (Wildman–Crippen MR) is 111 cm³/mol. The summed E-state index contributed by atoms with van der Waals surface area (Å²) >= 11 is 0. The highest BCUT2D eigenvalue weighted by molar-refractivity contribution is 5.94. The minimum absolute atomic E-state index is 0.0484. The average molecular weight is 391 g/mol. The van der Waals surface area contributed by atoms with Crippen LogP contribution in [0.1, 0.15) is 29.8 Å². The molecule has 29 heavy (non-hydrogen) atoms. The number of amides is 1. The predicted octanol–water partition coefficient (Wildman–Crippen LogP) is 3.33. The van der Waals surface area contributed by atoms with Crippen LogP contribution in [0.4, 0.5) is 5.69 Å². The fourth-order valence-corrected chi connectivity index (χ4v) is 3.66. The van der Waals surface area contributed by atoms with Gasteiger partial charge in [0.15, 0.2) is 0 Å². The molecule has 7 heteroatoms. The molecule has 2 N–H and O–H groups in total. The SMILES string of the molecule is CC1CN(C(=O)c2ccc(NCc3cn[nH]c3-c3cccnc3)cc2)CC(C)O1. The number of carbonyl (C=O) groups is 1. The Labute approximate surface area is 170 Å². The lowest BCUT2D eigenvalue weighted by molar-refractivity contribution is -0.0586. The third-order valence-corrected chi connectivity index (χ3v) is 4.99. The zero-order valence-corrected chi connectivity index (χ0v) is 16.6. The summed E-state index contributed by atoms with van der Waals surface area (Å²) < 4.78 is 5.71. The lowest BCUT2D eigenvalue weighted by atomic mass is 10.1. The second-order valence-corrected chi connectivity index (χ2v) is 7.41. The molecule has 4 rings (SSSR count). The van der Waals surface area contributed by atoms with Crippen LogP contribution in [0.15, 0.2) is 55.0 Å². The van der Waals surface area contributed by atoms with Crippen molar-refractivity contribution in [3.05, 3.63) is 66.1 Å². The molecule has 0 saturated carbocycles. The van der Waals surface area contributed by atoms with E-state index in [4.69, 9.17) is 4.74 Å². The molecule has 1 aliphatic heterocycles. The van der Waals surface area contributed by atoms with Gasteiger partial charge < -0.3 is 15.0 Å². The number of nitrogens with one attached hydrogen (secondary N) is 2. The molecule has 0 radical (unpaired) electrons. The Morgan fingerprint density at radius 1 is 1.17 bits per heavy atom. The van der Waals surface area contributed by atoms with E-state index in [0.29, 0.717) is 25.2 Å². The van der Waals surface area contributed by atoms with Crippen LogP contribution in [0.3, 0.4) is 0 Å². The number of hydrogen-bond acceptors (Lipinski definition) is 5. The van der Waals surface area contributed by atoms with Crippen molar-refractivity contribution in [2.75, 3.05) is 18.4 Å². The van der Waals surface area contributed by atoms with E-state index in [1.54, 1.807) is 6.20 Å². The van der Waals surface area contributed by atoms with Crippen LogP contribution in [0.5, 0.6) is 0 Å². The molecule has 150 valence electrons. The Morgan fingerprint density at radius 2 is 1.93 bits per heavy atom. The number of anilines is 1. The Bertz CT molecular complexity index is 945. The van der Waals surface area contributed by atoms with Crippen molar-refractivity contribution in [3.63, 3.8) is 0 Å². The highest BCUT2D eigenvalue weighted by Crippen LogP contribution is 2.21. The van der Waals surface area contributed by atoms with E-state index >= 15 is 0 Å². The van der Waals surface area contributed by atoms with E-state index in [1.807, 2.05) is 67.5 Å². The minimum atomic E-state index is 0.0484. The molecule has 0 bridgehead atoms. The number of H-pyrrole nitrogens is 1. The molecule has 1 aliphatic rings. The largest absolute Gasteiger partial charge is 0.381 e. The molecule has 1 amide bonds. The van der Waals surface area contributed by atoms with Gasteiger partial charge in [0.1, 0.15) is 0 Å². The first-order chi connectivity index (χ1) is 14.1. The van der Waals surface area contributed by atoms with Crippen LogP contribution in [0.25, 0.3) is 11.3 Å². The number of carbonyl (C=O) groups excluding carboxylic acids is 1. The Hall–Kier alpha value is -3.19. The summed E-state index contributed by atoms with van der Waals surface area (Å²) in [4.78, 5) is 18.8. The fraction of sp³-hybridized carbons (Fsp3) is 0.318. The van der Waals surface area contributed by atoms with Gasteiger partial charge in [-0.05, 0) is 50.2 Å². The van der Waals surface area contributed by atoms with Gasteiger partial charge in [-0.25, -0.2) is 0 Å². The Balaban J connectivity index is 1.40. The molecular weight excluding hydrogens is 366 g/mol. The van der Waals surface area contributed by atoms with Gasteiger partial charge in [-0.2, -0.15) is 5.10 Å². The standard InChI is InChI=1S/C22H25N5O2/c1-15-13-27(14-16(2)29-15)22(28)17-5-7-20(8-6-17)24-11-19-12-25-26-21(19)18-4-3-9-23-10-18/h3-10,12,15-16,24H,11,13-14H2,1-2H3,(H,25,26). The molecular formula is C22H25N5O2. The number of morpholine rings is 1. The van der Waals surface area contributed by atoms with Gasteiger partial charge in [0.2, 0.25) is 0 Å². The van der Waals surface area contributed by atoms with Crippen LogP contribution in [-0.4, -0.2) is 51.3 Å². The number of ether oxygens (including phenoxy) is 1. The summed E-state index contributed by atoms with van der Waals surface area (Å²) in [6.45, 7) is 5.87. The summed E-state index contributed by atoms with van der Waals surface area (Å²) in [5, 5.41) is 10.6. The van der Waals surface area contributed by atoms with Gasteiger partial charge in [-0.3, -0.25) is 14.9 Å². The number of aromatic nitrogens is 3. The highest BCUT2D eigenvalue weighted by atomic mass is 16.5. The van der Waals surface area contributed by atoms with E-state index in [1.165, 1.54) is 0 Å². The molecule has 0 aliphatic carbocycles. The summed E-state index contributed by atoms with van der Waals surface area (Å²) in [7, 11) is 0. The lowest BCUT2D eigenvalue weighted by Crippen LogP contribution is -2.48. The molecule has 7 nitrogen and oxygen atoms in total. The summed E-state index contributed by atoms with van der Waals surface area (Å²) in [5.41, 5.74) is 4.64. The van der Waals surface area contributed by atoms with E-state index in [2.05, 4.69) is 20.5 Å². The topological polar surface area (TPSA) is 83.1 Å². The van der Waals surface area contributed by atoms with Crippen molar-refractivity contribution >= 4 is 11.6 Å². The van der Waals surface area contributed by atoms with E-state index in [0.717, 1.165) is 22.5 Å². The van der Waals surface area contributed by atoms with E-state index < -0.39 is 0 Å². The Morgan fingerprint density at radius 3 is 2.62 bits per heavy atom. The van der Waals surface area contributed by atoms with Gasteiger partial charge in [0, 0.05) is 54.4 Å². The maximum absolute atomic E-state index is 12.8. The van der Waals surface area contributed by atoms with Gasteiger partial charge in [-0.15, -0.1) is 0 Å². The first-order valence-electron chi connectivity index (χ1n) is 9.81. The molecule has 2 aromatic heterocycles. The lowest BCUT2D eigenvalue weighted by Gasteiger charge is -2.35. The summed E-state index contributed by atoms with van der Waals surface area (Å²) in [6.07, 6.45) is 5.50. The number of rotatable bonds is 5. The van der Waals surface area contributed by atoms with Gasteiger partial charge in [0.05, 0.1) is 24.1 Å². The van der Waals surface area contributed by atoms with Crippen molar-refractivity contribution in [1.82, 2.24) is 20.1 Å². The quantitative estimate of drug-likeness (QED) is 0.697. The number of aromatic amines is 1. The highest BCUT2D eigenvalue weighted by Gasteiger charge is 2.26. The fourth-order valence-electron chi connectivity index (χ4n) is 3.66. The van der Waals surface area contributed by atoms with Gasteiger partial charge in [-0.1, -0.05) is 0 Å². The van der Waals surface area contributed by atoms with Crippen molar-refractivity contribution in [2.45, 2.75) is 32.6 Å². The maximum atomic E-state index is 12.8. The van der Waals surface area contributed by atoms with Crippen LogP contribution < -0.4 is 5.32 Å². The van der Waals surface area contributed by atoms with Crippen molar-refractivity contribution in [2.24, 2.45) is 0 Å². The molecule has 0 spiro atoms. The zero-order chi connectivity index (χ0) is 20.2. The molecule has 1 aromatic carbocycles. The van der Waals surface area contributed by atoms with Gasteiger partial charge in [0.25, 0.3) is 5.91 Å². The summed E-state index contributed by atoms with van der Waals surface area (Å²) in [6, 6.07) is 11.5. The smallest absolute Gasteiger partial charge is 0.254 e. The number of nitrogens with zero attached hydrogens (tertiary/aromatic N) is 3. The van der Waals surface area contributed by atoms with Crippen molar-refractivity contribution in [3.8, 4) is 11.3 Å². The Kier molecular flexibility index (Phi) is 5.57. The molecule has 2 atom stereocenters. The van der Waals surface area contributed by atoms with Crippen LogP contribution in [-0.2, 0) is 11.3 Å². The monoisotopic (exact) mass is 391 g/mol. The first-order valence-corrected chi connectivity index (χ1v) is 9.81. The number of benzene rings is 1. The first kappa shape index (κ1) is 19.1. The zero-order valence-electron chi connectivity index (χ0n) is 16.6. The second-order valence-electron chi connectivity index (χ2n) is 7.41. The normalized spacial score (nSPS) is 19.2. The molecule has 3 aromatic rings. The second kappa shape index (κ2) is 8.45. The maximum Gasteiger partial charge on any atom is 0.254 e.